The fourth-order valence-electron chi connectivity index (χ4n) is 1.89. The summed E-state index contributed by atoms with van der Waals surface area (Å²) in [5.41, 5.74) is 0.762. The molecule has 0 aliphatic rings. The zero-order valence-electron chi connectivity index (χ0n) is 11.7. The molecule has 2 rings (SSSR count). The molecule has 0 unspecified atom stereocenters. The lowest BCUT2D eigenvalue weighted by Gasteiger charge is -2.14. The summed E-state index contributed by atoms with van der Waals surface area (Å²) in [6, 6.07) is 7.51. The summed E-state index contributed by atoms with van der Waals surface area (Å²) in [4.78, 5) is 10.9. The molecule has 1 N–H and O–H groups in total. The van der Waals surface area contributed by atoms with Crippen molar-refractivity contribution in [2.24, 2.45) is 0 Å². The molecular formula is C15H10I4O4. The van der Waals surface area contributed by atoms with E-state index in [9.17, 15) is 4.79 Å². The number of benzene rings is 2. The van der Waals surface area contributed by atoms with E-state index in [2.05, 4.69) is 90.4 Å². The van der Waals surface area contributed by atoms with Gasteiger partial charge in [0.2, 0.25) is 0 Å². The van der Waals surface area contributed by atoms with Crippen LogP contribution < -0.4 is 9.47 Å². The molecule has 4 nitrogen and oxygen atoms in total. The fraction of sp³-hybridized carbons (Fsp3) is 0.133. The summed E-state index contributed by atoms with van der Waals surface area (Å²) >= 11 is 8.75. The maximum absolute atomic E-state index is 10.9. The van der Waals surface area contributed by atoms with Crippen LogP contribution in [0, 0.1) is 14.3 Å². The highest BCUT2D eigenvalue weighted by molar-refractivity contribution is 14.1. The predicted molar refractivity (Wildman–Crippen MR) is 122 cm³/mol. The van der Waals surface area contributed by atoms with Crippen LogP contribution in [0.25, 0.3) is 0 Å². The number of methoxy groups -OCH3 is 1. The van der Waals surface area contributed by atoms with E-state index in [4.69, 9.17) is 14.6 Å². The molecule has 0 aliphatic heterocycles. The fourth-order valence-corrected chi connectivity index (χ4v) is 6.16. The van der Waals surface area contributed by atoms with Crippen LogP contribution in [0.15, 0.2) is 24.3 Å². The minimum absolute atomic E-state index is 0.00458. The molecule has 0 heterocycles. The number of hydrogen-bond acceptors (Lipinski definition) is 3. The summed E-state index contributed by atoms with van der Waals surface area (Å²) in [7, 11) is 1.65. The third-order valence-electron chi connectivity index (χ3n) is 2.81. The Morgan fingerprint density at radius 3 is 1.87 bits per heavy atom. The monoisotopic (exact) mass is 762 g/mol. The molecule has 0 saturated carbocycles. The van der Waals surface area contributed by atoms with Crippen molar-refractivity contribution in [3.8, 4) is 17.2 Å². The van der Waals surface area contributed by atoms with Gasteiger partial charge >= 0.3 is 5.97 Å². The molecule has 0 amide bonds. The van der Waals surface area contributed by atoms with Gasteiger partial charge in [0, 0.05) is 0 Å². The lowest BCUT2D eigenvalue weighted by Crippen LogP contribution is -2.02. The Morgan fingerprint density at radius 1 is 0.957 bits per heavy atom. The van der Waals surface area contributed by atoms with E-state index < -0.39 is 5.97 Å². The Labute approximate surface area is 188 Å². The maximum Gasteiger partial charge on any atom is 0.307 e. The van der Waals surface area contributed by atoms with E-state index in [1.165, 1.54) is 0 Å². The van der Waals surface area contributed by atoms with Crippen LogP contribution in [-0.2, 0) is 11.2 Å². The molecule has 8 heteroatoms. The molecule has 2 aromatic carbocycles. The molecule has 2 aromatic rings. The van der Waals surface area contributed by atoms with E-state index in [0.717, 1.165) is 37.1 Å². The summed E-state index contributed by atoms with van der Waals surface area (Å²) in [6.07, 6.45) is 0.00458. The van der Waals surface area contributed by atoms with Crippen molar-refractivity contribution in [3.05, 3.63) is 44.1 Å². The summed E-state index contributed by atoms with van der Waals surface area (Å²) in [6.45, 7) is 0. The van der Waals surface area contributed by atoms with E-state index >= 15 is 0 Å². The van der Waals surface area contributed by atoms with E-state index in [-0.39, 0.29) is 6.42 Å². The second kappa shape index (κ2) is 8.69. The lowest BCUT2D eigenvalue weighted by molar-refractivity contribution is -0.136. The molecular weight excluding hydrogens is 752 g/mol. The van der Waals surface area contributed by atoms with Gasteiger partial charge < -0.3 is 14.6 Å². The van der Waals surface area contributed by atoms with Gasteiger partial charge in [-0.05, 0) is 120 Å². The van der Waals surface area contributed by atoms with Gasteiger partial charge in [0.05, 0.1) is 27.8 Å². The Hall–Kier alpha value is 0.430. The van der Waals surface area contributed by atoms with Crippen LogP contribution in [0.4, 0.5) is 0 Å². The highest BCUT2D eigenvalue weighted by atomic mass is 127. The number of halogens is 4. The highest BCUT2D eigenvalue weighted by Gasteiger charge is 2.14. The smallest absolute Gasteiger partial charge is 0.307 e. The number of aliphatic carboxylic acids is 1. The zero-order valence-corrected chi connectivity index (χ0v) is 20.3. The van der Waals surface area contributed by atoms with Crippen LogP contribution >= 0.6 is 90.4 Å². The van der Waals surface area contributed by atoms with Gasteiger partial charge in [-0.25, -0.2) is 0 Å². The summed E-state index contributed by atoms with van der Waals surface area (Å²) < 4.78 is 15.1. The molecule has 23 heavy (non-hydrogen) atoms. The van der Waals surface area contributed by atoms with Crippen LogP contribution in [0.1, 0.15) is 5.56 Å². The van der Waals surface area contributed by atoms with Gasteiger partial charge in [0.1, 0.15) is 11.5 Å². The number of carboxylic acids is 1. The third kappa shape index (κ3) is 5.20. The first-order chi connectivity index (χ1) is 10.8. The van der Waals surface area contributed by atoms with Gasteiger partial charge in [0.25, 0.3) is 0 Å². The van der Waals surface area contributed by atoms with Gasteiger partial charge in [-0.3, -0.25) is 4.79 Å². The van der Waals surface area contributed by atoms with Gasteiger partial charge in [-0.1, -0.05) is 0 Å². The topological polar surface area (TPSA) is 55.8 Å². The number of carbonyl (C=O) groups is 1. The zero-order chi connectivity index (χ0) is 17.1. The van der Waals surface area contributed by atoms with Crippen molar-refractivity contribution in [2.45, 2.75) is 6.42 Å². The molecule has 0 fully saturated rings. The second-order valence-electron chi connectivity index (χ2n) is 4.48. The van der Waals surface area contributed by atoms with Crippen molar-refractivity contribution in [2.75, 3.05) is 7.11 Å². The van der Waals surface area contributed by atoms with Crippen molar-refractivity contribution in [1.29, 1.82) is 0 Å². The van der Waals surface area contributed by atoms with E-state index in [1.807, 2.05) is 24.3 Å². The first-order valence-corrected chi connectivity index (χ1v) is 10.5. The number of hydrogen-bond donors (Lipinski definition) is 1. The lowest BCUT2D eigenvalue weighted by atomic mass is 10.1. The van der Waals surface area contributed by atoms with Gasteiger partial charge in [0.15, 0.2) is 5.75 Å². The standard InChI is InChI=1S/C15H10I4O4/c1-22-14-11(18)5-8(6-12(14)19)23-15-9(16)2-7(3-10(15)17)4-13(20)21/h2-3,5-6H,4H2,1H3,(H,20,21). The Balaban J connectivity index is 2.35. The van der Waals surface area contributed by atoms with Gasteiger partial charge in [-0.2, -0.15) is 0 Å². The average molecular weight is 762 g/mol. The molecule has 0 bridgehead atoms. The van der Waals surface area contributed by atoms with Crippen LogP contribution in [0.3, 0.4) is 0 Å². The van der Waals surface area contributed by atoms with Crippen molar-refractivity contribution < 1.29 is 19.4 Å². The Morgan fingerprint density at radius 2 is 1.43 bits per heavy atom. The molecule has 0 atom stereocenters. The highest BCUT2D eigenvalue weighted by Crippen LogP contribution is 2.37. The maximum atomic E-state index is 10.9. The normalized spacial score (nSPS) is 10.5. The Bertz CT molecular complexity index is 715. The van der Waals surface area contributed by atoms with Crippen molar-refractivity contribution >= 4 is 96.3 Å². The van der Waals surface area contributed by atoms with Crippen molar-refractivity contribution in [1.82, 2.24) is 0 Å². The van der Waals surface area contributed by atoms with Gasteiger partial charge in [-0.15, -0.1) is 0 Å². The average Bonchev–Trinajstić information content (AvgIpc) is 2.42. The Kier molecular flexibility index (Phi) is 7.46. The summed E-state index contributed by atoms with van der Waals surface area (Å²) in [5, 5.41) is 8.91. The van der Waals surface area contributed by atoms with E-state index in [1.54, 1.807) is 7.11 Å². The predicted octanol–water partition coefficient (Wildman–Crippen LogP) is 5.53. The number of rotatable bonds is 5. The number of ether oxygens (including phenoxy) is 2. The number of carboxylic acid groups (broad SMARTS) is 1. The minimum atomic E-state index is -0.843. The molecule has 0 aliphatic carbocycles. The van der Waals surface area contributed by atoms with E-state index in [0.29, 0.717) is 0 Å². The SMILES string of the molecule is COc1c(I)cc(Oc2c(I)cc(CC(=O)O)cc2I)cc1I. The molecule has 0 radical (unpaired) electrons. The molecule has 122 valence electrons. The van der Waals surface area contributed by atoms with Crippen LogP contribution in [-0.4, -0.2) is 18.2 Å². The van der Waals surface area contributed by atoms with Crippen molar-refractivity contribution in [3.63, 3.8) is 0 Å². The quantitative estimate of drug-likeness (QED) is 0.408. The second-order valence-corrected chi connectivity index (χ2v) is 9.13. The van der Waals surface area contributed by atoms with Crippen LogP contribution in [0.5, 0.6) is 17.2 Å². The largest absolute Gasteiger partial charge is 0.495 e. The first kappa shape index (κ1) is 19.8. The third-order valence-corrected chi connectivity index (χ3v) is 6.01. The molecule has 0 aromatic heterocycles. The first-order valence-electron chi connectivity index (χ1n) is 6.22. The van der Waals surface area contributed by atoms with Crippen LogP contribution in [0.2, 0.25) is 0 Å². The molecule has 0 spiro atoms. The minimum Gasteiger partial charge on any atom is -0.495 e. The molecule has 0 saturated heterocycles. The summed E-state index contributed by atoms with van der Waals surface area (Å²) in [5.74, 6) is 1.45.